The zero-order chi connectivity index (χ0) is 16.5. The normalized spacial score (nSPS) is 14.9. The van der Waals surface area contributed by atoms with Crippen molar-refractivity contribution >= 4 is 35.8 Å². The first-order valence-electron chi connectivity index (χ1n) is 8.20. The molecule has 2 rings (SSSR count). The number of morpholine rings is 1. The standard InChI is InChI=1S/C17H26N4O2.HI/c1-2-3-8-19-16(22)15-6-4-14(5-7-15)13-20-17(18)21-9-11-23-12-10-21;/h4-7H,2-3,8-13H2,1H3,(H2,18,20)(H,19,22);1H. The Bertz CT molecular complexity index is 528. The highest BCUT2D eigenvalue weighted by Crippen LogP contribution is 2.07. The number of nitrogens with one attached hydrogen (secondary N) is 1. The van der Waals surface area contributed by atoms with Crippen LogP contribution in [0.5, 0.6) is 0 Å². The molecule has 0 bridgehead atoms. The maximum atomic E-state index is 11.9. The molecule has 1 aliphatic rings. The number of hydrogen-bond acceptors (Lipinski definition) is 3. The maximum absolute atomic E-state index is 11.9. The Morgan fingerprint density at radius 3 is 2.58 bits per heavy atom. The molecular formula is C17H27IN4O2. The molecule has 0 radical (unpaired) electrons. The lowest BCUT2D eigenvalue weighted by molar-refractivity contribution is 0.0674. The van der Waals surface area contributed by atoms with Crippen LogP contribution in [0.15, 0.2) is 29.3 Å². The van der Waals surface area contributed by atoms with Gasteiger partial charge in [0.15, 0.2) is 5.96 Å². The van der Waals surface area contributed by atoms with Gasteiger partial charge in [0.25, 0.3) is 5.91 Å². The fourth-order valence-electron chi connectivity index (χ4n) is 2.31. The quantitative estimate of drug-likeness (QED) is 0.303. The van der Waals surface area contributed by atoms with Crippen LogP contribution < -0.4 is 11.1 Å². The summed E-state index contributed by atoms with van der Waals surface area (Å²) in [7, 11) is 0. The number of nitrogens with zero attached hydrogens (tertiary/aromatic N) is 2. The molecule has 0 atom stereocenters. The van der Waals surface area contributed by atoms with E-state index in [1.54, 1.807) is 0 Å². The van der Waals surface area contributed by atoms with Crippen molar-refractivity contribution in [1.82, 2.24) is 10.2 Å². The average Bonchev–Trinajstić information content (AvgIpc) is 2.61. The smallest absolute Gasteiger partial charge is 0.251 e. The number of hydrogen-bond donors (Lipinski definition) is 2. The fraction of sp³-hybridized carbons (Fsp3) is 0.529. The first kappa shape index (κ1) is 20.7. The summed E-state index contributed by atoms with van der Waals surface area (Å²) in [6.07, 6.45) is 2.07. The first-order valence-corrected chi connectivity index (χ1v) is 8.20. The topological polar surface area (TPSA) is 80.0 Å². The predicted molar refractivity (Wildman–Crippen MR) is 107 cm³/mol. The van der Waals surface area contributed by atoms with Crippen molar-refractivity contribution < 1.29 is 9.53 Å². The third kappa shape index (κ3) is 6.64. The van der Waals surface area contributed by atoms with Gasteiger partial charge in [-0.15, -0.1) is 24.0 Å². The van der Waals surface area contributed by atoms with Gasteiger partial charge in [-0.25, -0.2) is 4.99 Å². The summed E-state index contributed by atoms with van der Waals surface area (Å²) in [5, 5.41) is 2.91. The van der Waals surface area contributed by atoms with Crippen LogP contribution in [0.4, 0.5) is 0 Å². The number of benzene rings is 1. The number of unbranched alkanes of at least 4 members (excludes halogenated alkanes) is 1. The Morgan fingerprint density at radius 2 is 1.96 bits per heavy atom. The summed E-state index contributed by atoms with van der Waals surface area (Å²) in [4.78, 5) is 18.4. The third-order valence-corrected chi connectivity index (χ3v) is 3.79. The van der Waals surface area contributed by atoms with E-state index in [0.29, 0.717) is 31.3 Å². The van der Waals surface area contributed by atoms with Gasteiger partial charge < -0.3 is 20.7 Å². The molecular weight excluding hydrogens is 419 g/mol. The number of carbonyl (C=O) groups is 1. The van der Waals surface area contributed by atoms with Crippen molar-refractivity contribution in [2.75, 3.05) is 32.8 Å². The molecule has 3 N–H and O–H groups in total. The minimum absolute atomic E-state index is 0. The number of carbonyl (C=O) groups excluding carboxylic acids is 1. The lowest BCUT2D eigenvalue weighted by atomic mass is 10.1. The van der Waals surface area contributed by atoms with Gasteiger partial charge in [-0.3, -0.25) is 4.79 Å². The van der Waals surface area contributed by atoms with Gasteiger partial charge in [0.2, 0.25) is 0 Å². The number of guanidine groups is 1. The molecule has 6 nitrogen and oxygen atoms in total. The Kier molecular flexibility index (Phi) is 9.70. The second-order valence-corrected chi connectivity index (χ2v) is 5.58. The zero-order valence-electron chi connectivity index (χ0n) is 14.2. The van der Waals surface area contributed by atoms with E-state index in [2.05, 4.69) is 17.2 Å². The van der Waals surface area contributed by atoms with Crippen molar-refractivity contribution in [1.29, 1.82) is 0 Å². The third-order valence-electron chi connectivity index (χ3n) is 3.79. The van der Waals surface area contributed by atoms with E-state index in [0.717, 1.165) is 38.0 Å². The molecule has 0 aromatic heterocycles. The van der Waals surface area contributed by atoms with Gasteiger partial charge in [-0.05, 0) is 24.1 Å². The van der Waals surface area contributed by atoms with Crippen molar-refractivity contribution in [3.05, 3.63) is 35.4 Å². The molecule has 1 fully saturated rings. The summed E-state index contributed by atoms with van der Waals surface area (Å²) in [5.41, 5.74) is 7.71. The van der Waals surface area contributed by atoms with Crippen molar-refractivity contribution in [3.63, 3.8) is 0 Å². The summed E-state index contributed by atoms with van der Waals surface area (Å²) < 4.78 is 5.29. The molecule has 1 aromatic carbocycles. The van der Waals surface area contributed by atoms with Crippen LogP contribution in [0.25, 0.3) is 0 Å². The van der Waals surface area contributed by atoms with Crippen LogP contribution in [-0.4, -0.2) is 49.6 Å². The van der Waals surface area contributed by atoms with Crippen LogP contribution in [0.3, 0.4) is 0 Å². The van der Waals surface area contributed by atoms with Gasteiger partial charge in [-0.1, -0.05) is 25.5 Å². The SMILES string of the molecule is CCCCNC(=O)c1ccc(CN=C(N)N2CCOCC2)cc1.I. The molecule has 0 aliphatic carbocycles. The lowest BCUT2D eigenvalue weighted by Crippen LogP contribution is -2.44. The van der Waals surface area contributed by atoms with E-state index in [9.17, 15) is 4.79 Å². The second-order valence-electron chi connectivity index (χ2n) is 5.58. The van der Waals surface area contributed by atoms with Gasteiger partial charge in [-0.2, -0.15) is 0 Å². The average molecular weight is 446 g/mol. The molecule has 0 spiro atoms. The number of halogens is 1. The molecule has 0 saturated carbocycles. The highest BCUT2D eigenvalue weighted by Gasteiger charge is 2.12. The van der Waals surface area contributed by atoms with Crippen LogP contribution in [0.2, 0.25) is 0 Å². The Hall–Kier alpha value is -1.35. The highest BCUT2D eigenvalue weighted by molar-refractivity contribution is 14.0. The number of aliphatic imine (C=N–C) groups is 1. The number of nitrogens with two attached hydrogens (primary N) is 1. The summed E-state index contributed by atoms with van der Waals surface area (Å²) >= 11 is 0. The first-order chi connectivity index (χ1) is 11.2. The van der Waals surface area contributed by atoms with Crippen molar-refractivity contribution in [2.45, 2.75) is 26.3 Å². The van der Waals surface area contributed by atoms with Gasteiger partial charge >= 0.3 is 0 Å². The number of ether oxygens (including phenoxy) is 1. The Labute approximate surface area is 160 Å². The van der Waals surface area contributed by atoms with Crippen LogP contribution >= 0.6 is 24.0 Å². The van der Waals surface area contributed by atoms with E-state index >= 15 is 0 Å². The number of amides is 1. The summed E-state index contributed by atoms with van der Waals surface area (Å²) in [6, 6.07) is 7.50. The Morgan fingerprint density at radius 1 is 1.29 bits per heavy atom. The molecule has 1 saturated heterocycles. The molecule has 1 aliphatic heterocycles. The molecule has 1 aromatic rings. The minimum Gasteiger partial charge on any atom is -0.378 e. The monoisotopic (exact) mass is 446 g/mol. The zero-order valence-corrected chi connectivity index (χ0v) is 16.5. The van der Waals surface area contributed by atoms with Gasteiger partial charge in [0.05, 0.1) is 19.8 Å². The van der Waals surface area contributed by atoms with E-state index in [1.165, 1.54) is 0 Å². The van der Waals surface area contributed by atoms with E-state index in [-0.39, 0.29) is 29.9 Å². The molecule has 7 heteroatoms. The van der Waals surface area contributed by atoms with Crippen LogP contribution in [0.1, 0.15) is 35.7 Å². The van der Waals surface area contributed by atoms with Crippen molar-refractivity contribution in [2.24, 2.45) is 10.7 Å². The van der Waals surface area contributed by atoms with Crippen molar-refractivity contribution in [3.8, 4) is 0 Å². The molecule has 1 amide bonds. The molecule has 1 heterocycles. The molecule has 24 heavy (non-hydrogen) atoms. The van der Waals surface area contributed by atoms with Gasteiger partial charge in [0, 0.05) is 25.2 Å². The van der Waals surface area contributed by atoms with Crippen LogP contribution in [0, 0.1) is 0 Å². The summed E-state index contributed by atoms with van der Waals surface area (Å²) in [6.45, 7) is 6.29. The van der Waals surface area contributed by atoms with E-state index in [1.807, 2.05) is 29.2 Å². The highest BCUT2D eigenvalue weighted by atomic mass is 127. The second kappa shape index (κ2) is 11.2. The largest absolute Gasteiger partial charge is 0.378 e. The fourth-order valence-corrected chi connectivity index (χ4v) is 2.31. The lowest BCUT2D eigenvalue weighted by Gasteiger charge is -2.27. The minimum atomic E-state index is -0.0265. The Balaban J connectivity index is 0.00000288. The van der Waals surface area contributed by atoms with Crippen LogP contribution in [-0.2, 0) is 11.3 Å². The predicted octanol–water partition coefficient (Wildman–Crippen LogP) is 1.98. The summed E-state index contributed by atoms with van der Waals surface area (Å²) in [5.74, 6) is 0.524. The molecule has 0 unspecified atom stereocenters. The van der Waals surface area contributed by atoms with Gasteiger partial charge in [0.1, 0.15) is 0 Å². The van der Waals surface area contributed by atoms with E-state index < -0.39 is 0 Å². The number of rotatable bonds is 6. The molecule has 134 valence electrons. The van der Waals surface area contributed by atoms with E-state index in [4.69, 9.17) is 10.5 Å². The maximum Gasteiger partial charge on any atom is 0.251 e.